The van der Waals surface area contributed by atoms with Gasteiger partial charge in [-0.25, -0.2) is 17.6 Å². The molecule has 0 spiro atoms. The summed E-state index contributed by atoms with van der Waals surface area (Å²) in [5.74, 6) is -5.39. The zero-order chi connectivity index (χ0) is 14.0. The Labute approximate surface area is 106 Å². The summed E-state index contributed by atoms with van der Waals surface area (Å²) >= 11 is 0. The summed E-state index contributed by atoms with van der Waals surface area (Å²) in [4.78, 5) is 0. The summed E-state index contributed by atoms with van der Waals surface area (Å²) < 4.78 is 52.3. The van der Waals surface area contributed by atoms with Crippen LogP contribution in [0.15, 0.2) is 30.3 Å². The third-order valence-corrected chi connectivity index (χ3v) is 2.51. The van der Waals surface area contributed by atoms with Gasteiger partial charge in [0.15, 0.2) is 29.0 Å². The molecule has 0 radical (unpaired) electrons. The Morgan fingerprint density at radius 3 is 2.21 bits per heavy atom. The van der Waals surface area contributed by atoms with Crippen molar-refractivity contribution in [1.29, 1.82) is 0 Å². The van der Waals surface area contributed by atoms with Crippen LogP contribution in [0.4, 0.5) is 23.2 Å². The molecule has 0 bridgehead atoms. The molecule has 2 N–H and O–H groups in total. The van der Waals surface area contributed by atoms with Gasteiger partial charge in [-0.1, -0.05) is 6.07 Å². The minimum atomic E-state index is -1.11. The maximum absolute atomic E-state index is 13.3. The van der Waals surface area contributed by atoms with Crippen LogP contribution in [0.3, 0.4) is 0 Å². The molecule has 19 heavy (non-hydrogen) atoms. The molecule has 0 atom stereocenters. The molecule has 0 heterocycles. The van der Waals surface area contributed by atoms with E-state index in [1.165, 1.54) is 12.1 Å². The van der Waals surface area contributed by atoms with E-state index < -0.39 is 29.0 Å². The fourth-order valence-electron chi connectivity index (χ4n) is 1.56. The van der Waals surface area contributed by atoms with E-state index in [4.69, 9.17) is 5.11 Å². The van der Waals surface area contributed by atoms with E-state index >= 15 is 0 Å². The molecule has 0 saturated carbocycles. The lowest BCUT2D eigenvalue weighted by molar-refractivity contribution is 0.395. The second kappa shape index (κ2) is 5.17. The summed E-state index contributed by atoms with van der Waals surface area (Å²) in [7, 11) is 0. The van der Waals surface area contributed by atoms with Crippen LogP contribution in [0, 0.1) is 23.3 Å². The van der Waals surface area contributed by atoms with Crippen molar-refractivity contribution in [3.8, 4) is 5.75 Å². The molecule has 100 valence electrons. The van der Waals surface area contributed by atoms with Crippen LogP contribution < -0.4 is 5.32 Å². The smallest absolute Gasteiger partial charge is 0.187 e. The summed E-state index contributed by atoms with van der Waals surface area (Å²) in [6.07, 6.45) is 0. The van der Waals surface area contributed by atoms with E-state index in [0.717, 1.165) is 18.2 Å². The number of rotatable bonds is 3. The Morgan fingerprint density at radius 2 is 1.58 bits per heavy atom. The Morgan fingerprint density at radius 1 is 0.947 bits per heavy atom. The van der Waals surface area contributed by atoms with Crippen LogP contribution in [0.5, 0.6) is 5.75 Å². The maximum atomic E-state index is 13.3. The van der Waals surface area contributed by atoms with E-state index in [1.54, 1.807) is 0 Å². The van der Waals surface area contributed by atoms with E-state index in [0.29, 0.717) is 0 Å². The largest absolute Gasteiger partial charge is 0.503 e. The first-order chi connectivity index (χ1) is 8.99. The third kappa shape index (κ3) is 2.78. The fraction of sp³-hybridized carbons (Fsp3) is 0.0769. The lowest BCUT2D eigenvalue weighted by Gasteiger charge is -2.09. The van der Waals surface area contributed by atoms with Gasteiger partial charge in [0.1, 0.15) is 0 Å². The topological polar surface area (TPSA) is 32.3 Å². The van der Waals surface area contributed by atoms with E-state index in [2.05, 4.69) is 5.32 Å². The number of benzene rings is 2. The lowest BCUT2D eigenvalue weighted by Crippen LogP contribution is -2.03. The van der Waals surface area contributed by atoms with Gasteiger partial charge in [0.2, 0.25) is 0 Å². The average Bonchev–Trinajstić information content (AvgIpc) is 2.37. The molecule has 0 fully saturated rings. The van der Waals surface area contributed by atoms with Gasteiger partial charge in [-0.15, -0.1) is 0 Å². The molecule has 0 amide bonds. The monoisotopic (exact) mass is 271 g/mol. The van der Waals surface area contributed by atoms with E-state index in [-0.39, 0.29) is 17.8 Å². The number of hydrogen-bond donors (Lipinski definition) is 2. The molecule has 0 aliphatic carbocycles. The standard InChI is InChI=1S/C13H9F4NO/c14-8-2-1-3-11(12(8)17)18-6-7-4-9(15)13(19)10(16)5-7/h1-5,18-19H,6H2. The molecule has 2 aromatic rings. The number of nitrogens with one attached hydrogen (secondary N) is 1. The quantitative estimate of drug-likeness (QED) is 0.836. The molecule has 6 heteroatoms. The van der Waals surface area contributed by atoms with Gasteiger partial charge >= 0.3 is 0 Å². The van der Waals surface area contributed by atoms with Crippen LogP contribution in [-0.2, 0) is 6.54 Å². The predicted molar refractivity (Wildman–Crippen MR) is 61.7 cm³/mol. The molecule has 0 saturated heterocycles. The van der Waals surface area contributed by atoms with Crippen molar-refractivity contribution in [3.05, 3.63) is 59.2 Å². The number of hydrogen-bond acceptors (Lipinski definition) is 2. The zero-order valence-electron chi connectivity index (χ0n) is 9.55. The maximum Gasteiger partial charge on any atom is 0.187 e. The highest BCUT2D eigenvalue weighted by Gasteiger charge is 2.11. The Balaban J connectivity index is 2.17. The minimum Gasteiger partial charge on any atom is -0.503 e. The highest BCUT2D eigenvalue weighted by molar-refractivity contribution is 5.45. The first-order valence-corrected chi connectivity index (χ1v) is 5.34. The predicted octanol–water partition coefficient (Wildman–Crippen LogP) is 3.56. The van der Waals surface area contributed by atoms with Crippen molar-refractivity contribution < 1.29 is 22.7 Å². The molecule has 0 unspecified atom stereocenters. The Kier molecular flexibility index (Phi) is 3.59. The molecular weight excluding hydrogens is 262 g/mol. The average molecular weight is 271 g/mol. The highest BCUT2D eigenvalue weighted by atomic mass is 19.2. The van der Waals surface area contributed by atoms with Crippen molar-refractivity contribution in [2.45, 2.75) is 6.54 Å². The molecule has 0 aromatic heterocycles. The number of anilines is 1. The van der Waals surface area contributed by atoms with Crippen LogP contribution in [0.1, 0.15) is 5.56 Å². The Bertz CT molecular complexity index is 593. The summed E-state index contributed by atoms with van der Waals surface area (Å²) in [6, 6.07) is 5.37. The van der Waals surface area contributed by atoms with Crippen LogP contribution >= 0.6 is 0 Å². The van der Waals surface area contributed by atoms with Crippen LogP contribution in [0.2, 0.25) is 0 Å². The number of phenols is 1. The summed E-state index contributed by atoms with van der Waals surface area (Å²) in [6.45, 7) is -0.117. The molecule has 0 aliphatic heterocycles. The lowest BCUT2D eigenvalue weighted by atomic mass is 10.2. The fourth-order valence-corrected chi connectivity index (χ4v) is 1.56. The molecule has 0 aliphatic rings. The van der Waals surface area contributed by atoms with Crippen molar-refractivity contribution in [1.82, 2.24) is 0 Å². The highest BCUT2D eigenvalue weighted by Crippen LogP contribution is 2.23. The molecular formula is C13H9F4NO. The molecule has 2 aromatic carbocycles. The van der Waals surface area contributed by atoms with Gasteiger partial charge in [0.25, 0.3) is 0 Å². The SMILES string of the molecule is Oc1c(F)cc(CNc2cccc(F)c2F)cc1F. The first-order valence-electron chi connectivity index (χ1n) is 5.34. The van der Waals surface area contributed by atoms with Crippen molar-refractivity contribution in [3.63, 3.8) is 0 Å². The second-order valence-electron chi connectivity index (χ2n) is 3.86. The van der Waals surface area contributed by atoms with Gasteiger partial charge in [0, 0.05) is 6.54 Å². The van der Waals surface area contributed by atoms with Crippen molar-refractivity contribution in [2.24, 2.45) is 0 Å². The van der Waals surface area contributed by atoms with Gasteiger partial charge in [0.05, 0.1) is 5.69 Å². The summed E-state index contributed by atoms with van der Waals surface area (Å²) in [5.41, 5.74) is 0.0327. The number of phenolic OH excluding ortho intramolecular Hbond substituents is 1. The number of halogens is 4. The normalized spacial score (nSPS) is 10.5. The van der Waals surface area contributed by atoms with Crippen LogP contribution in [-0.4, -0.2) is 5.11 Å². The first kappa shape index (κ1) is 13.2. The summed E-state index contributed by atoms with van der Waals surface area (Å²) in [5, 5.41) is 11.4. The molecule has 2 nitrogen and oxygen atoms in total. The van der Waals surface area contributed by atoms with E-state index in [1.807, 2.05) is 0 Å². The number of aromatic hydroxyl groups is 1. The van der Waals surface area contributed by atoms with Gasteiger partial charge in [-0.3, -0.25) is 0 Å². The molecule has 2 rings (SSSR count). The van der Waals surface area contributed by atoms with Crippen LogP contribution in [0.25, 0.3) is 0 Å². The van der Waals surface area contributed by atoms with Crippen molar-refractivity contribution in [2.75, 3.05) is 5.32 Å². The second-order valence-corrected chi connectivity index (χ2v) is 3.86. The van der Waals surface area contributed by atoms with E-state index in [9.17, 15) is 17.6 Å². The Hall–Kier alpha value is -2.24. The minimum absolute atomic E-state index is 0.117. The third-order valence-electron chi connectivity index (χ3n) is 2.51. The van der Waals surface area contributed by atoms with Gasteiger partial charge in [-0.2, -0.15) is 0 Å². The van der Waals surface area contributed by atoms with Gasteiger partial charge < -0.3 is 10.4 Å². The van der Waals surface area contributed by atoms with Gasteiger partial charge in [-0.05, 0) is 29.8 Å². The van der Waals surface area contributed by atoms with Crippen molar-refractivity contribution >= 4 is 5.69 Å². The zero-order valence-corrected chi connectivity index (χ0v) is 9.55.